The van der Waals surface area contributed by atoms with E-state index in [-0.39, 0.29) is 21.4 Å². The van der Waals surface area contributed by atoms with Crippen LogP contribution in [-0.4, -0.2) is 16.8 Å². The third kappa shape index (κ3) is 4.83. The van der Waals surface area contributed by atoms with Crippen LogP contribution in [0.1, 0.15) is 22.8 Å². The maximum Gasteiger partial charge on any atom is 0.418 e. The Hall–Kier alpha value is -2.32. The number of carbonyl (C=O) groups excluding carboxylic acids is 2. The van der Waals surface area contributed by atoms with Crippen molar-refractivity contribution in [2.45, 2.75) is 13.1 Å². The molecule has 0 fully saturated rings. The van der Waals surface area contributed by atoms with Crippen LogP contribution >= 0.6 is 23.2 Å². The van der Waals surface area contributed by atoms with Crippen molar-refractivity contribution in [1.29, 1.82) is 0 Å². The predicted octanol–water partition coefficient (Wildman–Crippen LogP) is 4.62. The van der Waals surface area contributed by atoms with E-state index in [4.69, 9.17) is 23.2 Å². The molecule has 0 saturated heterocycles. The van der Waals surface area contributed by atoms with Gasteiger partial charge in [-0.15, -0.1) is 0 Å². The number of pyridine rings is 1. The third-order valence-corrected chi connectivity index (χ3v) is 3.64. The van der Waals surface area contributed by atoms with Crippen molar-refractivity contribution in [1.82, 2.24) is 4.98 Å². The highest BCUT2D eigenvalue weighted by Crippen LogP contribution is 2.37. The third-order valence-electron chi connectivity index (χ3n) is 2.95. The van der Waals surface area contributed by atoms with Crippen molar-refractivity contribution in [3.05, 3.63) is 51.8 Å². The van der Waals surface area contributed by atoms with Gasteiger partial charge in [-0.2, -0.15) is 13.2 Å². The largest absolute Gasteiger partial charge is 0.418 e. The quantitative estimate of drug-likeness (QED) is 0.749. The van der Waals surface area contributed by atoms with Crippen LogP contribution in [0.25, 0.3) is 0 Å². The summed E-state index contributed by atoms with van der Waals surface area (Å²) < 4.78 is 39.7. The van der Waals surface area contributed by atoms with Crippen LogP contribution in [0.5, 0.6) is 0 Å². The van der Waals surface area contributed by atoms with Gasteiger partial charge in [0.25, 0.3) is 5.91 Å². The van der Waals surface area contributed by atoms with Crippen LogP contribution in [0, 0.1) is 0 Å². The van der Waals surface area contributed by atoms with Gasteiger partial charge in [0.2, 0.25) is 5.91 Å². The Bertz CT molecular complexity index is 841. The first-order valence-corrected chi connectivity index (χ1v) is 7.44. The highest BCUT2D eigenvalue weighted by Gasteiger charge is 2.34. The van der Waals surface area contributed by atoms with Crippen molar-refractivity contribution in [3.8, 4) is 0 Å². The molecular formula is C15H10Cl2F3N3O2. The summed E-state index contributed by atoms with van der Waals surface area (Å²) in [5, 5.41) is 4.36. The fraction of sp³-hybridized carbons (Fsp3) is 0.133. The maximum absolute atomic E-state index is 13.2. The van der Waals surface area contributed by atoms with Gasteiger partial charge in [-0.3, -0.25) is 9.59 Å². The van der Waals surface area contributed by atoms with Crippen LogP contribution < -0.4 is 10.6 Å². The smallest absolute Gasteiger partial charge is 0.326 e. The molecule has 132 valence electrons. The number of hydrogen-bond acceptors (Lipinski definition) is 3. The molecule has 0 radical (unpaired) electrons. The zero-order valence-electron chi connectivity index (χ0n) is 12.5. The van der Waals surface area contributed by atoms with E-state index >= 15 is 0 Å². The van der Waals surface area contributed by atoms with E-state index in [1.807, 2.05) is 0 Å². The number of anilines is 2. The van der Waals surface area contributed by atoms with Crippen LogP contribution in [-0.2, 0) is 11.0 Å². The summed E-state index contributed by atoms with van der Waals surface area (Å²) in [6.45, 7) is 1.17. The van der Waals surface area contributed by atoms with Crippen molar-refractivity contribution in [2.24, 2.45) is 0 Å². The highest BCUT2D eigenvalue weighted by atomic mass is 35.5. The summed E-state index contributed by atoms with van der Waals surface area (Å²) in [6.07, 6.45) is -3.66. The Balaban J connectivity index is 2.35. The van der Waals surface area contributed by atoms with E-state index in [1.54, 1.807) is 0 Å². The summed E-state index contributed by atoms with van der Waals surface area (Å²) in [7, 11) is 0. The number of alkyl halides is 3. The number of carbonyl (C=O) groups is 2. The fourth-order valence-corrected chi connectivity index (χ4v) is 2.18. The average Bonchev–Trinajstić information content (AvgIpc) is 2.49. The van der Waals surface area contributed by atoms with Crippen molar-refractivity contribution < 1.29 is 22.8 Å². The SMILES string of the molecule is CC(=O)Nc1ccc(NC(=O)c2cnc(Cl)c(Cl)c2)c(C(F)(F)F)c1. The second-order valence-corrected chi connectivity index (χ2v) is 5.66. The first-order valence-electron chi connectivity index (χ1n) is 6.69. The van der Waals surface area contributed by atoms with Crippen LogP contribution in [0.3, 0.4) is 0 Å². The Morgan fingerprint density at radius 3 is 2.36 bits per heavy atom. The van der Waals surface area contributed by atoms with Gasteiger partial charge < -0.3 is 10.6 Å². The van der Waals surface area contributed by atoms with Gasteiger partial charge in [-0.1, -0.05) is 23.2 Å². The summed E-state index contributed by atoms with van der Waals surface area (Å²) in [6, 6.07) is 4.19. The number of benzene rings is 1. The van der Waals surface area contributed by atoms with Crippen LogP contribution in [0.2, 0.25) is 10.2 Å². The van der Waals surface area contributed by atoms with Crippen molar-refractivity contribution in [3.63, 3.8) is 0 Å². The lowest BCUT2D eigenvalue weighted by atomic mass is 10.1. The standard InChI is InChI=1S/C15H10Cl2F3N3O2/c1-7(24)22-9-2-3-12(10(5-9)15(18,19)20)23-14(25)8-4-11(16)13(17)21-6-8/h2-6H,1H3,(H,22,24)(H,23,25). The summed E-state index contributed by atoms with van der Waals surface area (Å²) >= 11 is 11.4. The number of halogens is 5. The molecule has 0 spiro atoms. The van der Waals surface area contributed by atoms with Gasteiger partial charge in [0, 0.05) is 18.8 Å². The number of amides is 2. The van der Waals surface area contributed by atoms with Crippen molar-refractivity contribution in [2.75, 3.05) is 10.6 Å². The molecular weight excluding hydrogens is 382 g/mol. The molecule has 0 aliphatic carbocycles. The van der Waals surface area contributed by atoms with Gasteiger partial charge in [0.15, 0.2) is 0 Å². The molecule has 0 saturated carbocycles. The molecule has 0 bridgehead atoms. The lowest BCUT2D eigenvalue weighted by Gasteiger charge is -2.15. The minimum absolute atomic E-state index is 0.00799. The Labute approximate surface area is 150 Å². The molecule has 1 aromatic carbocycles. The topological polar surface area (TPSA) is 71.1 Å². The number of nitrogens with one attached hydrogen (secondary N) is 2. The molecule has 2 N–H and O–H groups in total. The Morgan fingerprint density at radius 2 is 1.80 bits per heavy atom. The zero-order valence-corrected chi connectivity index (χ0v) is 14.1. The number of nitrogens with zero attached hydrogens (tertiary/aromatic N) is 1. The van der Waals surface area contributed by atoms with E-state index in [1.165, 1.54) is 19.1 Å². The van der Waals surface area contributed by atoms with Crippen LogP contribution in [0.15, 0.2) is 30.5 Å². The molecule has 0 atom stereocenters. The molecule has 5 nitrogen and oxygen atoms in total. The number of rotatable bonds is 3. The van der Waals surface area contributed by atoms with Gasteiger partial charge in [0.05, 0.1) is 21.8 Å². The molecule has 0 aliphatic heterocycles. The predicted molar refractivity (Wildman–Crippen MR) is 88.0 cm³/mol. The van der Waals surface area contributed by atoms with E-state index in [0.717, 1.165) is 18.3 Å². The lowest BCUT2D eigenvalue weighted by Crippen LogP contribution is -2.17. The molecule has 2 rings (SSSR count). The number of hydrogen-bond donors (Lipinski definition) is 2. The minimum Gasteiger partial charge on any atom is -0.326 e. The van der Waals surface area contributed by atoms with E-state index < -0.39 is 29.2 Å². The number of aromatic nitrogens is 1. The summed E-state index contributed by atoms with van der Waals surface area (Å²) in [5.74, 6) is -1.37. The summed E-state index contributed by atoms with van der Waals surface area (Å²) in [4.78, 5) is 26.8. The van der Waals surface area contributed by atoms with Gasteiger partial charge in [-0.05, 0) is 24.3 Å². The maximum atomic E-state index is 13.2. The molecule has 0 aliphatic rings. The Morgan fingerprint density at radius 1 is 1.12 bits per heavy atom. The van der Waals surface area contributed by atoms with Crippen molar-refractivity contribution >= 4 is 46.4 Å². The molecule has 10 heteroatoms. The van der Waals surface area contributed by atoms with Gasteiger partial charge >= 0.3 is 6.18 Å². The minimum atomic E-state index is -4.74. The second-order valence-electron chi connectivity index (χ2n) is 4.89. The molecule has 25 heavy (non-hydrogen) atoms. The molecule has 0 unspecified atom stereocenters. The fourth-order valence-electron chi connectivity index (χ4n) is 1.91. The first-order chi connectivity index (χ1) is 11.6. The van der Waals surface area contributed by atoms with Crippen LogP contribution in [0.4, 0.5) is 24.5 Å². The first kappa shape index (κ1) is 19.0. The Kier molecular flexibility index (Phi) is 5.54. The second kappa shape index (κ2) is 7.28. The van der Waals surface area contributed by atoms with E-state index in [9.17, 15) is 22.8 Å². The van der Waals surface area contributed by atoms with E-state index in [2.05, 4.69) is 15.6 Å². The summed E-state index contributed by atoms with van der Waals surface area (Å²) in [5.41, 5.74) is -1.69. The molecule has 2 amide bonds. The normalized spacial score (nSPS) is 11.1. The molecule has 1 aromatic heterocycles. The highest BCUT2D eigenvalue weighted by molar-refractivity contribution is 6.41. The average molecular weight is 392 g/mol. The van der Waals surface area contributed by atoms with Gasteiger partial charge in [-0.25, -0.2) is 4.98 Å². The zero-order chi connectivity index (χ0) is 18.8. The van der Waals surface area contributed by atoms with Gasteiger partial charge in [0.1, 0.15) is 5.15 Å². The monoisotopic (exact) mass is 391 g/mol. The molecule has 2 aromatic rings. The lowest BCUT2D eigenvalue weighted by molar-refractivity contribution is -0.137. The van der Waals surface area contributed by atoms with E-state index in [0.29, 0.717) is 0 Å². The molecule has 1 heterocycles.